The molecule has 0 radical (unpaired) electrons. The van der Waals surface area contributed by atoms with Gasteiger partial charge in [0, 0.05) is 5.56 Å². The number of rotatable bonds is 6. The minimum absolute atomic E-state index is 0.0489. The van der Waals surface area contributed by atoms with E-state index in [2.05, 4.69) is 0 Å². The van der Waals surface area contributed by atoms with Crippen molar-refractivity contribution in [3.63, 3.8) is 0 Å². The van der Waals surface area contributed by atoms with Crippen molar-refractivity contribution >= 4 is 11.5 Å². The summed E-state index contributed by atoms with van der Waals surface area (Å²) in [6.45, 7) is 1.60. The maximum absolute atomic E-state index is 12.6. The van der Waals surface area contributed by atoms with Crippen LogP contribution < -0.4 is 9.47 Å². The van der Waals surface area contributed by atoms with Crippen molar-refractivity contribution in [2.24, 2.45) is 0 Å². The van der Waals surface area contributed by atoms with E-state index in [0.717, 1.165) is 19.3 Å². The fourth-order valence-electron chi connectivity index (χ4n) is 3.07. The minimum Gasteiger partial charge on any atom is -0.496 e. The first-order chi connectivity index (χ1) is 12.0. The van der Waals surface area contributed by atoms with E-state index in [1.807, 2.05) is 12.1 Å². The second-order valence-electron chi connectivity index (χ2n) is 6.05. The predicted molar refractivity (Wildman–Crippen MR) is 92.5 cm³/mol. The van der Waals surface area contributed by atoms with Crippen molar-refractivity contribution in [1.29, 1.82) is 0 Å². The summed E-state index contributed by atoms with van der Waals surface area (Å²) in [5.74, 6) is 0.212. The van der Waals surface area contributed by atoms with Gasteiger partial charge >= 0.3 is 5.69 Å². The number of fused-ring (bicyclic) bond motifs is 1. The summed E-state index contributed by atoms with van der Waals surface area (Å²) in [7, 11) is 1.43. The smallest absolute Gasteiger partial charge is 0.314 e. The molecule has 0 bridgehead atoms. The fraction of sp³-hybridized carbons (Fsp3) is 0.316. The summed E-state index contributed by atoms with van der Waals surface area (Å²) in [5, 5.41) is 11.2. The molecule has 0 saturated carbocycles. The van der Waals surface area contributed by atoms with Gasteiger partial charge in [-0.15, -0.1) is 0 Å². The molecule has 1 aliphatic carbocycles. The van der Waals surface area contributed by atoms with Crippen LogP contribution in [0.25, 0.3) is 0 Å². The van der Waals surface area contributed by atoms with E-state index in [1.165, 1.54) is 30.4 Å². The summed E-state index contributed by atoms with van der Waals surface area (Å²) < 4.78 is 10.6. The van der Waals surface area contributed by atoms with Crippen molar-refractivity contribution in [3.05, 3.63) is 63.2 Å². The molecule has 0 heterocycles. The molecule has 0 spiro atoms. The quantitative estimate of drug-likeness (QED) is 0.454. The molecule has 0 fully saturated rings. The Morgan fingerprint density at radius 2 is 1.92 bits per heavy atom. The fourth-order valence-corrected chi connectivity index (χ4v) is 3.07. The number of ether oxygens (including phenoxy) is 2. The molecule has 3 rings (SSSR count). The Morgan fingerprint density at radius 1 is 1.16 bits per heavy atom. The number of carbonyl (C=O) groups excluding carboxylic acids is 1. The molecule has 0 aromatic heterocycles. The van der Waals surface area contributed by atoms with Crippen molar-refractivity contribution in [1.82, 2.24) is 0 Å². The predicted octanol–water partition coefficient (Wildman–Crippen LogP) is 3.74. The molecule has 0 N–H and O–H groups in total. The Labute approximate surface area is 145 Å². The van der Waals surface area contributed by atoms with Crippen LogP contribution in [0, 0.1) is 10.1 Å². The molecule has 0 unspecified atom stereocenters. The number of ketones is 1. The highest BCUT2D eigenvalue weighted by Gasteiger charge is 2.24. The van der Waals surface area contributed by atoms with Gasteiger partial charge < -0.3 is 9.47 Å². The van der Waals surface area contributed by atoms with E-state index in [-0.39, 0.29) is 17.2 Å². The topological polar surface area (TPSA) is 78.7 Å². The number of methoxy groups -OCH3 is 1. The Bertz CT molecular complexity index is 831. The molecule has 0 amide bonds. The zero-order valence-corrected chi connectivity index (χ0v) is 14.2. The number of carbonyl (C=O) groups is 1. The van der Waals surface area contributed by atoms with Crippen LogP contribution in [0.5, 0.6) is 11.5 Å². The summed E-state index contributed by atoms with van der Waals surface area (Å²) in [6, 6.07) is 9.99. The van der Waals surface area contributed by atoms with Crippen LogP contribution in [0.4, 0.5) is 5.69 Å². The van der Waals surface area contributed by atoms with Gasteiger partial charge in [-0.05, 0) is 55.5 Å². The maximum Gasteiger partial charge on any atom is 0.314 e. The Kier molecular flexibility index (Phi) is 4.70. The highest BCUT2D eigenvalue weighted by atomic mass is 16.6. The lowest BCUT2D eigenvalue weighted by Crippen LogP contribution is -2.24. The van der Waals surface area contributed by atoms with Crippen molar-refractivity contribution < 1.29 is 19.2 Å². The van der Waals surface area contributed by atoms with Gasteiger partial charge in [-0.1, -0.05) is 12.1 Å². The van der Waals surface area contributed by atoms with Crippen LogP contribution in [0.1, 0.15) is 34.8 Å². The van der Waals surface area contributed by atoms with Gasteiger partial charge in [-0.25, -0.2) is 0 Å². The summed E-state index contributed by atoms with van der Waals surface area (Å²) >= 11 is 0. The molecule has 2 aromatic carbocycles. The molecule has 25 heavy (non-hydrogen) atoms. The second-order valence-corrected chi connectivity index (χ2v) is 6.05. The van der Waals surface area contributed by atoms with Gasteiger partial charge in [0.2, 0.25) is 5.78 Å². The first kappa shape index (κ1) is 17.0. The third-order valence-corrected chi connectivity index (χ3v) is 4.42. The van der Waals surface area contributed by atoms with Crippen LogP contribution >= 0.6 is 0 Å². The van der Waals surface area contributed by atoms with Gasteiger partial charge in [0.1, 0.15) is 5.75 Å². The summed E-state index contributed by atoms with van der Waals surface area (Å²) in [4.78, 5) is 23.3. The second kappa shape index (κ2) is 6.93. The van der Waals surface area contributed by atoms with E-state index in [4.69, 9.17) is 9.47 Å². The van der Waals surface area contributed by atoms with Crippen molar-refractivity contribution in [2.75, 3.05) is 7.11 Å². The number of hydrogen-bond donors (Lipinski definition) is 0. The molecule has 0 aliphatic heterocycles. The standard InChI is InChI=1S/C19H19NO5/c1-12(19(21)15-7-6-13-4-3-5-14(13)10-15)25-18-9-8-16(24-2)11-17(18)20(22)23/h6-12H,3-5H2,1-2H3/t12-/m1/s1. The lowest BCUT2D eigenvalue weighted by atomic mass is 10.0. The maximum atomic E-state index is 12.6. The Balaban J connectivity index is 1.81. The molecule has 1 aliphatic rings. The minimum atomic E-state index is -0.827. The zero-order valence-electron chi connectivity index (χ0n) is 14.2. The van der Waals surface area contributed by atoms with Crippen LogP contribution in [0.15, 0.2) is 36.4 Å². The number of hydrogen-bond acceptors (Lipinski definition) is 5. The van der Waals surface area contributed by atoms with Gasteiger partial charge in [-0.3, -0.25) is 14.9 Å². The molecule has 1 atom stereocenters. The number of nitro groups is 1. The third kappa shape index (κ3) is 3.47. The Hall–Kier alpha value is -2.89. The van der Waals surface area contributed by atoms with E-state index >= 15 is 0 Å². The van der Waals surface area contributed by atoms with E-state index in [9.17, 15) is 14.9 Å². The van der Waals surface area contributed by atoms with E-state index in [1.54, 1.807) is 19.1 Å². The van der Waals surface area contributed by atoms with Crippen LogP contribution in [0.2, 0.25) is 0 Å². The lowest BCUT2D eigenvalue weighted by Gasteiger charge is -2.15. The lowest BCUT2D eigenvalue weighted by molar-refractivity contribution is -0.386. The molecule has 2 aromatic rings. The molecular formula is C19H19NO5. The molecule has 0 saturated heterocycles. The summed E-state index contributed by atoms with van der Waals surface area (Å²) in [6.07, 6.45) is 2.31. The van der Waals surface area contributed by atoms with Gasteiger partial charge in [0.05, 0.1) is 18.1 Å². The number of nitrogens with zero attached hydrogens (tertiary/aromatic N) is 1. The van der Waals surface area contributed by atoms with E-state index < -0.39 is 11.0 Å². The number of aryl methyl sites for hydroxylation is 2. The van der Waals surface area contributed by atoms with Gasteiger partial charge in [0.15, 0.2) is 11.9 Å². The van der Waals surface area contributed by atoms with Crippen LogP contribution in [-0.4, -0.2) is 23.9 Å². The SMILES string of the molecule is COc1ccc(O[C@H](C)C(=O)c2ccc3c(c2)CCC3)c([N+](=O)[O-])c1. The van der Waals surface area contributed by atoms with Gasteiger partial charge in [0.25, 0.3) is 0 Å². The molecule has 6 nitrogen and oxygen atoms in total. The molecule has 6 heteroatoms. The first-order valence-electron chi connectivity index (χ1n) is 8.14. The highest BCUT2D eigenvalue weighted by Crippen LogP contribution is 2.32. The monoisotopic (exact) mass is 341 g/mol. The zero-order chi connectivity index (χ0) is 18.0. The average molecular weight is 341 g/mol. The number of nitro benzene ring substituents is 1. The van der Waals surface area contributed by atoms with Crippen molar-refractivity contribution in [3.8, 4) is 11.5 Å². The van der Waals surface area contributed by atoms with Gasteiger partial charge in [-0.2, -0.15) is 0 Å². The first-order valence-corrected chi connectivity index (χ1v) is 8.14. The molecule has 130 valence electrons. The molecular weight excluding hydrogens is 322 g/mol. The number of Topliss-reactive ketones (excluding diaryl/α,β-unsaturated/α-hetero) is 1. The van der Waals surface area contributed by atoms with Crippen LogP contribution in [-0.2, 0) is 12.8 Å². The van der Waals surface area contributed by atoms with Crippen molar-refractivity contribution in [2.45, 2.75) is 32.3 Å². The summed E-state index contributed by atoms with van der Waals surface area (Å²) in [5.41, 5.74) is 2.83. The highest BCUT2D eigenvalue weighted by molar-refractivity contribution is 5.99. The normalized spacial score (nSPS) is 13.8. The average Bonchev–Trinajstić information content (AvgIpc) is 3.08. The van der Waals surface area contributed by atoms with E-state index in [0.29, 0.717) is 11.3 Å². The largest absolute Gasteiger partial charge is 0.496 e. The third-order valence-electron chi connectivity index (χ3n) is 4.42. The van der Waals surface area contributed by atoms with Crippen LogP contribution in [0.3, 0.4) is 0 Å². The number of benzene rings is 2. The Morgan fingerprint density at radius 3 is 2.64 bits per heavy atom.